The molecule has 0 aliphatic carbocycles. The topological polar surface area (TPSA) is 70.2 Å². The molecule has 0 fully saturated rings. The van der Waals surface area contributed by atoms with Crippen molar-refractivity contribution in [2.24, 2.45) is 0 Å². The van der Waals surface area contributed by atoms with Crippen LogP contribution in [0, 0.1) is 0 Å². The molecular weight excluding hydrogens is 206 g/mol. The van der Waals surface area contributed by atoms with Crippen molar-refractivity contribution in [1.29, 1.82) is 0 Å². The van der Waals surface area contributed by atoms with Crippen LogP contribution in [-0.2, 0) is 11.2 Å². The third-order valence-electron chi connectivity index (χ3n) is 2.42. The van der Waals surface area contributed by atoms with Crippen molar-refractivity contribution in [2.45, 2.75) is 12.8 Å². The summed E-state index contributed by atoms with van der Waals surface area (Å²) in [5.74, 6) is -0.867. The zero-order valence-corrected chi connectivity index (χ0v) is 8.56. The highest BCUT2D eigenvalue weighted by Crippen LogP contribution is 2.10. The fraction of sp³-hybridized carbons (Fsp3) is 0.167. The van der Waals surface area contributed by atoms with E-state index in [0.717, 1.165) is 5.39 Å². The number of aryl methyl sites for hydroxylation is 1. The number of nitrogens with one attached hydrogen (secondary N) is 1. The molecule has 4 heteroatoms. The lowest BCUT2D eigenvalue weighted by molar-refractivity contribution is -0.136. The van der Waals surface area contributed by atoms with E-state index in [1.165, 1.54) is 0 Å². The van der Waals surface area contributed by atoms with Crippen molar-refractivity contribution in [1.82, 2.24) is 4.98 Å². The average molecular weight is 217 g/mol. The molecule has 0 radical (unpaired) electrons. The van der Waals surface area contributed by atoms with E-state index < -0.39 is 5.97 Å². The number of H-pyrrole nitrogens is 1. The minimum atomic E-state index is -0.867. The second-order valence-corrected chi connectivity index (χ2v) is 3.60. The predicted octanol–water partition coefficient (Wildman–Crippen LogP) is 1.55. The first-order valence-electron chi connectivity index (χ1n) is 4.99. The van der Waals surface area contributed by atoms with E-state index in [1.807, 2.05) is 18.2 Å². The Kier molecular flexibility index (Phi) is 2.72. The molecule has 2 N–H and O–H groups in total. The van der Waals surface area contributed by atoms with Gasteiger partial charge in [-0.25, -0.2) is 0 Å². The Balaban J connectivity index is 2.42. The first kappa shape index (κ1) is 10.4. The highest BCUT2D eigenvalue weighted by atomic mass is 16.4. The summed E-state index contributed by atoms with van der Waals surface area (Å²) >= 11 is 0. The third-order valence-corrected chi connectivity index (χ3v) is 2.42. The summed E-state index contributed by atoms with van der Waals surface area (Å²) in [5.41, 5.74) is 0.490. The number of rotatable bonds is 3. The SMILES string of the molecule is O=C(O)CCc1cc2ccccc2c(=O)[nH]1. The number of aromatic nitrogens is 1. The summed E-state index contributed by atoms with van der Waals surface area (Å²) in [6.07, 6.45) is 0.365. The van der Waals surface area contributed by atoms with E-state index in [-0.39, 0.29) is 12.0 Å². The van der Waals surface area contributed by atoms with Gasteiger partial charge >= 0.3 is 5.97 Å². The Bertz CT molecular complexity index is 586. The van der Waals surface area contributed by atoms with E-state index in [9.17, 15) is 9.59 Å². The monoisotopic (exact) mass is 217 g/mol. The van der Waals surface area contributed by atoms with Gasteiger partial charge in [0.15, 0.2) is 0 Å². The largest absolute Gasteiger partial charge is 0.481 e. The van der Waals surface area contributed by atoms with Gasteiger partial charge in [0, 0.05) is 11.1 Å². The molecule has 0 unspecified atom stereocenters. The maximum Gasteiger partial charge on any atom is 0.303 e. The van der Waals surface area contributed by atoms with E-state index >= 15 is 0 Å². The van der Waals surface area contributed by atoms with Gasteiger partial charge in [0.05, 0.1) is 6.42 Å². The van der Waals surface area contributed by atoms with E-state index in [0.29, 0.717) is 17.5 Å². The molecule has 0 amide bonds. The molecule has 0 saturated heterocycles. The number of carboxylic acids is 1. The summed E-state index contributed by atoms with van der Waals surface area (Å²) in [4.78, 5) is 24.8. The third kappa shape index (κ3) is 2.11. The van der Waals surface area contributed by atoms with Gasteiger partial charge in [0.1, 0.15) is 0 Å². The zero-order chi connectivity index (χ0) is 11.5. The smallest absolute Gasteiger partial charge is 0.303 e. The van der Waals surface area contributed by atoms with Crippen LogP contribution in [0.3, 0.4) is 0 Å². The van der Waals surface area contributed by atoms with Crippen LogP contribution in [0.2, 0.25) is 0 Å². The van der Waals surface area contributed by atoms with E-state index in [4.69, 9.17) is 5.11 Å². The fourth-order valence-electron chi connectivity index (χ4n) is 1.64. The molecule has 1 aromatic carbocycles. The maximum absolute atomic E-state index is 11.6. The highest BCUT2D eigenvalue weighted by molar-refractivity contribution is 5.81. The van der Waals surface area contributed by atoms with E-state index in [1.54, 1.807) is 12.1 Å². The second kappa shape index (κ2) is 4.18. The molecule has 0 aliphatic heterocycles. The molecule has 0 aliphatic rings. The average Bonchev–Trinajstić information content (AvgIpc) is 2.26. The molecule has 2 rings (SSSR count). The van der Waals surface area contributed by atoms with Crippen molar-refractivity contribution in [3.8, 4) is 0 Å². The number of pyridine rings is 1. The minimum Gasteiger partial charge on any atom is -0.481 e. The number of aromatic amines is 1. The zero-order valence-electron chi connectivity index (χ0n) is 8.56. The van der Waals surface area contributed by atoms with Crippen LogP contribution in [0.15, 0.2) is 35.1 Å². The normalized spacial score (nSPS) is 10.5. The molecule has 1 heterocycles. The van der Waals surface area contributed by atoms with Gasteiger partial charge in [0.25, 0.3) is 5.56 Å². The number of hydrogen-bond donors (Lipinski definition) is 2. The van der Waals surface area contributed by atoms with Crippen molar-refractivity contribution in [3.05, 3.63) is 46.4 Å². The molecule has 4 nitrogen and oxygen atoms in total. The van der Waals surface area contributed by atoms with Gasteiger partial charge in [-0.3, -0.25) is 9.59 Å². The first-order valence-corrected chi connectivity index (χ1v) is 4.99. The fourth-order valence-corrected chi connectivity index (χ4v) is 1.64. The van der Waals surface area contributed by atoms with Crippen LogP contribution in [0.4, 0.5) is 0 Å². The van der Waals surface area contributed by atoms with Crippen molar-refractivity contribution >= 4 is 16.7 Å². The number of hydrogen-bond acceptors (Lipinski definition) is 2. The van der Waals surface area contributed by atoms with Crippen LogP contribution < -0.4 is 5.56 Å². The Morgan fingerprint density at radius 2 is 2.06 bits per heavy atom. The van der Waals surface area contributed by atoms with Crippen LogP contribution in [0.25, 0.3) is 10.8 Å². The summed E-state index contributed by atoms with van der Waals surface area (Å²) in [5, 5.41) is 10.0. The van der Waals surface area contributed by atoms with Crippen LogP contribution in [0.1, 0.15) is 12.1 Å². The number of benzene rings is 1. The molecule has 1 aromatic heterocycles. The van der Waals surface area contributed by atoms with Gasteiger partial charge in [-0.05, 0) is 23.9 Å². The lowest BCUT2D eigenvalue weighted by Crippen LogP contribution is -2.10. The molecule has 0 spiro atoms. The summed E-state index contributed by atoms with van der Waals surface area (Å²) in [6.45, 7) is 0. The molecule has 0 saturated carbocycles. The van der Waals surface area contributed by atoms with Crippen LogP contribution in [-0.4, -0.2) is 16.1 Å². The van der Waals surface area contributed by atoms with Gasteiger partial charge in [-0.2, -0.15) is 0 Å². The summed E-state index contributed by atoms with van der Waals surface area (Å²) < 4.78 is 0. The molecule has 2 aromatic rings. The molecule has 0 bridgehead atoms. The number of fused-ring (bicyclic) bond motifs is 1. The number of carbonyl (C=O) groups is 1. The highest BCUT2D eigenvalue weighted by Gasteiger charge is 2.03. The Morgan fingerprint density at radius 3 is 2.81 bits per heavy atom. The van der Waals surface area contributed by atoms with Crippen LogP contribution in [0.5, 0.6) is 0 Å². The van der Waals surface area contributed by atoms with Gasteiger partial charge in [-0.1, -0.05) is 18.2 Å². The molecule has 0 atom stereocenters. The summed E-state index contributed by atoms with van der Waals surface area (Å²) in [6, 6.07) is 9.06. The first-order chi connectivity index (χ1) is 7.66. The van der Waals surface area contributed by atoms with Gasteiger partial charge in [-0.15, -0.1) is 0 Å². The Morgan fingerprint density at radius 1 is 1.31 bits per heavy atom. The van der Waals surface area contributed by atoms with Gasteiger partial charge in [0.2, 0.25) is 0 Å². The standard InChI is InChI=1S/C12H11NO3/c14-11(15)6-5-9-7-8-3-1-2-4-10(8)12(16)13-9/h1-4,7H,5-6H2,(H,13,16)(H,14,15). The van der Waals surface area contributed by atoms with Crippen molar-refractivity contribution in [2.75, 3.05) is 0 Å². The minimum absolute atomic E-state index is 0.0221. The van der Waals surface area contributed by atoms with E-state index in [2.05, 4.69) is 4.98 Å². The van der Waals surface area contributed by atoms with Crippen LogP contribution >= 0.6 is 0 Å². The lowest BCUT2D eigenvalue weighted by Gasteiger charge is -2.01. The molecular formula is C12H11NO3. The maximum atomic E-state index is 11.6. The molecule has 16 heavy (non-hydrogen) atoms. The molecule has 82 valence electrons. The second-order valence-electron chi connectivity index (χ2n) is 3.60. The summed E-state index contributed by atoms with van der Waals surface area (Å²) in [7, 11) is 0. The quantitative estimate of drug-likeness (QED) is 0.819. The lowest BCUT2D eigenvalue weighted by atomic mass is 10.1. The van der Waals surface area contributed by atoms with Crippen molar-refractivity contribution in [3.63, 3.8) is 0 Å². The van der Waals surface area contributed by atoms with Crippen molar-refractivity contribution < 1.29 is 9.90 Å². The Hall–Kier alpha value is -2.10. The van der Waals surface area contributed by atoms with Gasteiger partial charge < -0.3 is 10.1 Å². The Labute approximate surface area is 91.5 Å². The number of carboxylic acid groups (broad SMARTS) is 1. The number of aliphatic carboxylic acids is 1. The predicted molar refractivity (Wildman–Crippen MR) is 60.5 cm³/mol.